The molecule has 0 aliphatic rings. The van der Waals surface area contributed by atoms with Gasteiger partial charge in [0.1, 0.15) is 0 Å². The summed E-state index contributed by atoms with van der Waals surface area (Å²) in [6.45, 7) is 1.78. The maximum absolute atomic E-state index is 13.2. The van der Waals surface area contributed by atoms with Gasteiger partial charge in [-0.25, -0.2) is 23.5 Å². The van der Waals surface area contributed by atoms with Gasteiger partial charge in [0.05, 0.1) is 28.2 Å². The summed E-state index contributed by atoms with van der Waals surface area (Å²) >= 11 is 0. The molecular weight excluding hydrogens is 407 g/mol. The van der Waals surface area contributed by atoms with Crippen molar-refractivity contribution in [3.63, 3.8) is 0 Å². The first-order valence-electron chi connectivity index (χ1n) is 9.00. The van der Waals surface area contributed by atoms with E-state index in [0.717, 1.165) is 0 Å². The van der Waals surface area contributed by atoms with E-state index in [0.29, 0.717) is 27.6 Å². The van der Waals surface area contributed by atoms with E-state index in [-0.39, 0.29) is 10.5 Å². The lowest BCUT2D eigenvalue weighted by molar-refractivity contribution is 0.569. The van der Waals surface area contributed by atoms with Crippen LogP contribution in [0.4, 0.5) is 4.39 Å². The Balaban J connectivity index is 1.87. The zero-order valence-electron chi connectivity index (χ0n) is 15.9. The molecule has 9 heteroatoms. The summed E-state index contributed by atoms with van der Waals surface area (Å²) < 4.78 is 38.4. The second-order valence-electron chi connectivity index (χ2n) is 6.82. The highest BCUT2D eigenvalue weighted by molar-refractivity contribution is 7.89. The minimum absolute atomic E-state index is 0.0284. The SMILES string of the molecule is CC(c1ccc(F)nc1)n1cnc2ccc(-c3ccccc3S(N)(=O)=O)cc2c1=O. The Bertz CT molecular complexity index is 1420. The van der Waals surface area contributed by atoms with Crippen LogP contribution in [0.15, 0.2) is 76.8 Å². The van der Waals surface area contributed by atoms with Crippen LogP contribution < -0.4 is 10.7 Å². The zero-order valence-corrected chi connectivity index (χ0v) is 16.7. The molecule has 2 N–H and O–H groups in total. The van der Waals surface area contributed by atoms with Crippen LogP contribution in [0.25, 0.3) is 22.0 Å². The van der Waals surface area contributed by atoms with E-state index in [1.165, 1.54) is 29.2 Å². The Morgan fingerprint density at radius 2 is 1.83 bits per heavy atom. The molecule has 0 amide bonds. The largest absolute Gasteiger partial charge is 0.291 e. The molecule has 30 heavy (non-hydrogen) atoms. The Morgan fingerprint density at radius 1 is 1.07 bits per heavy atom. The van der Waals surface area contributed by atoms with Crippen molar-refractivity contribution >= 4 is 20.9 Å². The predicted molar refractivity (Wildman–Crippen MR) is 111 cm³/mol. The second kappa shape index (κ2) is 7.43. The van der Waals surface area contributed by atoms with E-state index >= 15 is 0 Å². The first-order valence-corrected chi connectivity index (χ1v) is 10.5. The first-order chi connectivity index (χ1) is 14.3. The van der Waals surface area contributed by atoms with E-state index in [4.69, 9.17) is 5.14 Å². The van der Waals surface area contributed by atoms with E-state index in [9.17, 15) is 17.6 Å². The molecule has 2 aromatic heterocycles. The summed E-state index contributed by atoms with van der Waals surface area (Å²) in [6.07, 6.45) is 2.80. The second-order valence-corrected chi connectivity index (χ2v) is 8.35. The van der Waals surface area contributed by atoms with E-state index in [2.05, 4.69) is 9.97 Å². The molecule has 152 valence electrons. The average molecular weight is 424 g/mol. The van der Waals surface area contributed by atoms with Crippen molar-refractivity contribution in [2.45, 2.75) is 17.9 Å². The van der Waals surface area contributed by atoms with Gasteiger partial charge < -0.3 is 0 Å². The van der Waals surface area contributed by atoms with Crippen LogP contribution >= 0.6 is 0 Å². The lowest BCUT2D eigenvalue weighted by atomic mass is 10.0. The van der Waals surface area contributed by atoms with Gasteiger partial charge in [-0.1, -0.05) is 30.3 Å². The topological polar surface area (TPSA) is 108 Å². The molecule has 4 aromatic rings. The zero-order chi connectivity index (χ0) is 21.5. The van der Waals surface area contributed by atoms with E-state index < -0.39 is 22.0 Å². The number of nitrogens with zero attached hydrogens (tertiary/aromatic N) is 3. The molecule has 0 aliphatic carbocycles. The summed E-state index contributed by atoms with van der Waals surface area (Å²) in [6, 6.07) is 13.6. The molecule has 1 unspecified atom stereocenters. The highest BCUT2D eigenvalue weighted by Crippen LogP contribution is 2.28. The number of pyridine rings is 1. The number of primary sulfonamides is 1. The molecule has 0 aliphatic heterocycles. The molecule has 0 radical (unpaired) electrons. The fourth-order valence-corrected chi connectivity index (χ4v) is 4.09. The minimum atomic E-state index is -3.94. The lowest BCUT2D eigenvalue weighted by Crippen LogP contribution is -2.24. The summed E-state index contributed by atoms with van der Waals surface area (Å²) in [7, 11) is -3.94. The van der Waals surface area contributed by atoms with Crippen LogP contribution in [0.1, 0.15) is 18.5 Å². The number of rotatable bonds is 4. The standard InChI is InChI=1S/C21H17FN4O3S/c1-13(15-7-9-20(22)24-11-15)26-12-25-18-8-6-14(10-17(18)21(26)27)16-4-2-3-5-19(16)30(23,28)29/h2-13H,1H3,(H2,23,28,29). The minimum Gasteiger partial charge on any atom is -0.291 e. The van der Waals surface area contributed by atoms with Crippen LogP contribution in [0, 0.1) is 5.95 Å². The monoisotopic (exact) mass is 424 g/mol. The van der Waals surface area contributed by atoms with Crippen LogP contribution in [-0.2, 0) is 10.0 Å². The maximum atomic E-state index is 13.2. The van der Waals surface area contributed by atoms with Crippen LogP contribution in [-0.4, -0.2) is 23.0 Å². The number of hydrogen-bond donors (Lipinski definition) is 1. The number of nitrogens with two attached hydrogens (primary N) is 1. The molecule has 0 saturated heterocycles. The van der Waals surface area contributed by atoms with Crippen molar-refractivity contribution in [1.29, 1.82) is 0 Å². The van der Waals surface area contributed by atoms with Crippen molar-refractivity contribution < 1.29 is 12.8 Å². The van der Waals surface area contributed by atoms with Gasteiger partial charge >= 0.3 is 0 Å². The Kier molecular flexibility index (Phi) is 4.92. The smallest absolute Gasteiger partial charge is 0.261 e. The van der Waals surface area contributed by atoms with Crippen molar-refractivity contribution in [3.8, 4) is 11.1 Å². The molecule has 7 nitrogen and oxygen atoms in total. The quantitative estimate of drug-likeness (QED) is 0.507. The van der Waals surface area contributed by atoms with Crippen molar-refractivity contribution in [1.82, 2.24) is 14.5 Å². The van der Waals surface area contributed by atoms with Crippen LogP contribution in [0.5, 0.6) is 0 Å². The number of aromatic nitrogens is 3. The Hall–Kier alpha value is -3.43. The fourth-order valence-electron chi connectivity index (χ4n) is 3.33. The summed E-state index contributed by atoms with van der Waals surface area (Å²) in [5.74, 6) is -0.604. The van der Waals surface area contributed by atoms with Gasteiger partial charge in [-0.3, -0.25) is 9.36 Å². The van der Waals surface area contributed by atoms with Crippen LogP contribution in [0.2, 0.25) is 0 Å². The first kappa shape index (κ1) is 19.9. The van der Waals surface area contributed by atoms with Gasteiger partial charge in [-0.15, -0.1) is 0 Å². The Labute approximate surface area is 171 Å². The molecule has 1 atom stereocenters. The van der Waals surface area contributed by atoms with Crippen LogP contribution in [0.3, 0.4) is 0 Å². The van der Waals surface area contributed by atoms with Crippen molar-refractivity contribution in [2.75, 3.05) is 0 Å². The van der Waals surface area contributed by atoms with Gasteiger partial charge in [-0.2, -0.15) is 4.39 Å². The molecule has 2 heterocycles. The number of halogens is 1. The Morgan fingerprint density at radius 3 is 2.53 bits per heavy atom. The third-order valence-electron chi connectivity index (χ3n) is 4.94. The summed E-state index contributed by atoms with van der Waals surface area (Å²) in [5, 5.41) is 5.66. The number of hydrogen-bond acceptors (Lipinski definition) is 5. The van der Waals surface area contributed by atoms with E-state index in [1.54, 1.807) is 49.4 Å². The third-order valence-corrected chi connectivity index (χ3v) is 5.91. The lowest BCUT2D eigenvalue weighted by Gasteiger charge is -2.16. The third kappa shape index (κ3) is 3.60. The molecule has 0 saturated carbocycles. The normalized spacial score (nSPS) is 12.8. The number of fused-ring (bicyclic) bond motifs is 1. The molecule has 0 bridgehead atoms. The van der Waals surface area contributed by atoms with Gasteiger partial charge in [0.25, 0.3) is 5.56 Å². The molecule has 4 rings (SSSR count). The fraction of sp³-hybridized carbons (Fsp3) is 0.0952. The highest BCUT2D eigenvalue weighted by atomic mass is 32.2. The highest BCUT2D eigenvalue weighted by Gasteiger charge is 2.17. The molecular formula is C21H17FN4O3S. The van der Waals surface area contributed by atoms with Gasteiger partial charge in [0.2, 0.25) is 16.0 Å². The predicted octanol–water partition coefficient (Wildman–Crippen LogP) is 2.85. The van der Waals surface area contributed by atoms with Gasteiger partial charge in [-0.05, 0) is 42.3 Å². The number of sulfonamides is 1. The number of benzene rings is 2. The maximum Gasteiger partial charge on any atom is 0.261 e. The van der Waals surface area contributed by atoms with E-state index in [1.807, 2.05) is 0 Å². The summed E-state index contributed by atoms with van der Waals surface area (Å²) in [4.78, 5) is 21.1. The van der Waals surface area contributed by atoms with Gasteiger partial charge in [0.15, 0.2) is 0 Å². The molecule has 2 aromatic carbocycles. The summed E-state index contributed by atoms with van der Waals surface area (Å²) in [5.41, 5.74) is 1.73. The van der Waals surface area contributed by atoms with Crippen molar-refractivity contribution in [3.05, 3.63) is 89.0 Å². The van der Waals surface area contributed by atoms with Crippen molar-refractivity contribution in [2.24, 2.45) is 5.14 Å². The molecule has 0 spiro atoms. The average Bonchev–Trinajstić information content (AvgIpc) is 2.73. The molecule has 0 fully saturated rings. The van der Waals surface area contributed by atoms with Gasteiger partial charge in [0, 0.05) is 11.8 Å².